The van der Waals surface area contributed by atoms with Gasteiger partial charge in [-0.1, -0.05) is 53.9 Å². The van der Waals surface area contributed by atoms with Crippen molar-refractivity contribution in [3.05, 3.63) is 0 Å². The van der Waals surface area contributed by atoms with E-state index in [-0.39, 0.29) is 29.7 Å². The van der Waals surface area contributed by atoms with Crippen molar-refractivity contribution >= 4 is 11.9 Å². The van der Waals surface area contributed by atoms with Crippen LogP contribution in [0.5, 0.6) is 0 Å². The van der Waals surface area contributed by atoms with Gasteiger partial charge in [0.1, 0.15) is 0 Å². The molecule has 4 nitrogen and oxygen atoms in total. The summed E-state index contributed by atoms with van der Waals surface area (Å²) in [5.74, 6) is 3.75. The summed E-state index contributed by atoms with van der Waals surface area (Å²) in [5, 5.41) is 13.1. The van der Waals surface area contributed by atoms with Gasteiger partial charge in [0, 0.05) is 18.9 Å². The fourth-order valence-electron chi connectivity index (χ4n) is 9.31. The number of carbonyl (C=O) groups excluding carboxylic acids is 1. The van der Waals surface area contributed by atoms with Crippen LogP contribution in [0.3, 0.4) is 0 Å². The van der Waals surface area contributed by atoms with Crippen molar-refractivity contribution in [2.24, 2.45) is 52.3 Å². The molecular weight excluding hydrogens is 398 g/mol. The summed E-state index contributed by atoms with van der Waals surface area (Å²) in [4.78, 5) is 24.1. The monoisotopic (exact) mass is 445 g/mol. The summed E-state index contributed by atoms with van der Waals surface area (Å²) in [6, 6.07) is 0.158. The Morgan fingerprint density at radius 2 is 1.78 bits per heavy atom. The van der Waals surface area contributed by atoms with E-state index in [0.29, 0.717) is 29.6 Å². The Bertz CT molecular complexity index is 719. The van der Waals surface area contributed by atoms with E-state index in [2.05, 4.69) is 39.9 Å². The molecule has 1 aliphatic heterocycles. The molecule has 3 aliphatic carbocycles. The third-order valence-corrected chi connectivity index (χ3v) is 10.9. The Balaban J connectivity index is 1.58. The molecular formula is C28H47NO3. The van der Waals surface area contributed by atoms with Crippen LogP contribution in [-0.2, 0) is 9.59 Å². The molecule has 0 spiro atoms. The van der Waals surface area contributed by atoms with Gasteiger partial charge in [-0.3, -0.25) is 9.59 Å². The zero-order valence-corrected chi connectivity index (χ0v) is 21.2. The quantitative estimate of drug-likeness (QED) is 0.484. The highest BCUT2D eigenvalue weighted by Crippen LogP contribution is 2.68. The van der Waals surface area contributed by atoms with E-state index in [1.807, 2.05) is 0 Å². The van der Waals surface area contributed by atoms with E-state index in [1.54, 1.807) is 0 Å². The van der Waals surface area contributed by atoms with Crippen LogP contribution in [0, 0.1) is 52.3 Å². The van der Waals surface area contributed by atoms with E-state index >= 15 is 0 Å². The molecule has 0 radical (unpaired) electrons. The molecule has 0 aromatic heterocycles. The van der Waals surface area contributed by atoms with Crippen LogP contribution in [0.1, 0.15) is 105 Å². The van der Waals surface area contributed by atoms with Gasteiger partial charge in [0.2, 0.25) is 5.91 Å². The number of carboxylic acid groups (broad SMARTS) is 1. The first-order valence-electron chi connectivity index (χ1n) is 13.6. The molecule has 4 aliphatic rings. The molecule has 182 valence electrons. The molecule has 9 atom stereocenters. The number of carbonyl (C=O) groups is 2. The summed E-state index contributed by atoms with van der Waals surface area (Å²) >= 11 is 0. The van der Waals surface area contributed by atoms with Crippen LogP contribution >= 0.6 is 0 Å². The molecule has 1 heterocycles. The Morgan fingerprint density at radius 1 is 1.06 bits per heavy atom. The molecule has 1 amide bonds. The van der Waals surface area contributed by atoms with Gasteiger partial charge in [-0.2, -0.15) is 0 Å². The van der Waals surface area contributed by atoms with Crippen molar-refractivity contribution in [3.8, 4) is 0 Å². The maximum Gasteiger partial charge on any atom is 0.303 e. The normalized spacial score (nSPS) is 44.4. The van der Waals surface area contributed by atoms with Crippen LogP contribution in [0.15, 0.2) is 0 Å². The molecule has 1 unspecified atom stereocenters. The lowest BCUT2D eigenvalue weighted by Gasteiger charge is -2.62. The Labute approximate surface area is 195 Å². The molecule has 3 saturated carbocycles. The third-order valence-electron chi connectivity index (χ3n) is 10.9. The van der Waals surface area contributed by atoms with Gasteiger partial charge in [-0.05, 0) is 90.8 Å². The summed E-state index contributed by atoms with van der Waals surface area (Å²) in [7, 11) is 0. The van der Waals surface area contributed by atoms with Crippen LogP contribution in [0.2, 0.25) is 0 Å². The number of piperidine rings is 1. The number of aliphatic carboxylic acids is 1. The molecule has 32 heavy (non-hydrogen) atoms. The molecule has 0 aromatic rings. The number of nitrogens with one attached hydrogen (secondary N) is 1. The molecule has 4 fully saturated rings. The summed E-state index contributed by atoms with van der Waals surface area (Å²) in [6.07, 6.45) is 11.8. The van der Waals surface area contributed by atoms with Gasteiger partial charge >= 0.3 is 5.97 Å². The van der Waals surface area contributed by atoms with Crippen molar-refractivity contribution in [1.29, 1.82) is 0 Å². The average molecular weight is 446 g/mol. The molecule has 4 heteroatoms. The topological polar surface area (TPSA) is 66.4 Å². The fraction of sp³-hybridized carbons (Fsp3) is 0.929. The minimum absolute atomic E-state index is 0.135. The maximum atomic E-state index is 12.2. The van der Waals surface area contributed by atoms with E-state index in [0.717, 1.165) is 30.6 Å². The lowest BCUT2D eigenvalue weighted by atomic mass is 9.44. The molecule has 2 N–H and O–H groups in total. The summed E-state index contributed by atoms with van der Waals surface area (Å²) in [6.45, 7) is 12.1. The number of rotatable bonds is 7. The second-order valence-electron chi connectivity index (χ2n) is 13.0. The van der Waals surface area contributed by atoms with Gasteiger partial charge in [0.15, 0.2) is 0 Å². The van der Waals surface area contributed by atoms with Crippen molar-refractivity contribution in [1.82, 2.24) is 5.32 Å². The van der Waals surface area contributed by atoms with Gasteiger partial charge in [0.25, 0.3) is 0 Å². The van der Waals surface area contributed by atoms with Gasteiger partial charge in [-0.25, -0.2) is 0 Å². The second-order valence-corrected chi connectivity index (χ2v) is 13.0. The zero-order chi connectivity index (χ0) is 23.3. The summed E-state index contributed by atoms with van der Waals surface area (Å²) < 4.78 is 0. The minimum atomic E-state index is -0.664. The van der Waals surface area contributed by atoms with Crippen LogP contribution in [0.25, 0.3) is 0 Å². The zero-order valence-electron chi connectivity index (χ0n) is 21.2. The molecule has 0 bridgehead atoms. The third kappa shape index (κ3) is 4.13. The van der Waals surface area contributed by atoms with Gasteiger partial charge in [-0.15, -0.1) is 0 Å². The first kappa shape index (κ1) is 24.1. The highest BCUT2D eigenvalue weighted by atomic mass is 16.4. The second kappa shape index (κ2) is 8.95. The number of fused-ring (bicyclic) bond motifs is 5. The standard InChI is InChI=1S/C28H47NO3/c1-17(2)7-6-8-18(3)20-9-10-21-26-19(16-25(31)32)15-23-28(5,14-12-24(30)29-23)22(26)11-13-27(20,21)4/h17-23,26H,6-16H2,1-5H3,(H,29,30)(H,31,32)/t18-,19-,20-,21+,22+,23?,26+,27-,28-/m1/s1. The molecule has 0 aromatic carbocycles. The van der Waals surface area contributed by atoms with Crippen LogP contribution in [0.4, 0.5) is 0 Å². The maximum absolute atomic E-state index is 12.2. The number of hydrogen-bond donors (Lipinski definition) is 2. The smallest absolute Gasteiger partial charge is 0.303 e. The van der Waals surface area contributed by atoms with Gasteiger partial charge in [0.05, 0.1) is 0 Å². The van der Waals surface area contributed by atoms with Gasteiger partial charge < -0.3 is 10.4 Å². The van der Waals surface area contributed by atoms with E-state index in [1.165, 1.54) is 44.9 Å². The first-order valence-corrected chi connectivity index (χ1v) is 13.6. The number of amides is 1. The molecule has 1 saturated heterocycles. The van der Waals surface area contributed by atoms with Crippen molar-refractivity contribution in [3.63, 3.8) is 0 Å². The van der Waals surface area contributed by atoms with Crippen LogP contribution in [-0.4, -0.2) is 23.0 Å². The highest BCUT2D eigenvalue weighted by molar-refractivity contribution is 5.77. The van der Waals surface area contributed by atoms with E-state index < -0.39 is 5.97 Å². The van der Waals surface area contributed by atoms with Crippen molar-refractivity contribution in [2.75, 3.05) is 0 Å². The average Bonchev–Trinajstić information content (AvgIpc) is 3.05. The van der Waals surface area contributed by atoms with Crippen LogP contribution < -0.4 is 5.32 Å². The highest BCUT2D eigenvalue weighted by Gasteiger charge is 2.63. The largest absolute Gasteiger partial charge is 0.481 e. The Hall–Kier alpha value is -1.06. The SMILES string of the molecule is CC(C)CCC[C@@H](C)[C@H]1CC[C@H]2[C@@H]3[C@@H](CC(=O)O)CC4NC(=O)CC[C@]4(C)[C@H]3CC[C@]12C. The number of carboxylic acids is 1. The fourth-order valence-corrected chi connectivity index (χ4v) is 9.31. The predicted octanol–water partition coefficient (Wildman–Crippen LogP) is 6.29. The lowest BCUT2D eigenvalue weighted by Crippen LogP contribution is -2.63. The first-order chi connectivity index (χ1) is 15.1. The molecule has 4 rings (SSSR count). The summed E-state index contributed by atoms with van der Waals surface area (Å²) in [5.41, 5.74) is 0.492. The van der Waals surface area contributed by atoms with Crippen molar-refractivity contribution in [2.45, 2.75) is 111 Å². The lowest BCUT2D eigenvalue weighted by molar-refractivity contribution is -0.154. The number of hydrogen-bond acceptors (Lipinski definition) is 2. The Morgan fingerprint density at radius 3 is 2.47 bits per heavy atom. The predicted molar refractivity (Wildman–Crippen MR) is 128 cm³/mol. The minimum Gasteiger partial charge on any atom is -0.481 e. The van der Waals surface area contributed by atoms with Crippen molar-refractivity contribution < 1.29 is 14.7 Å². The van der Waals surface area contributed by atoms with E-state index in [9.17, 15) is 14.7 Å². The van der Waals surface area contributed by atoms with E-state index in [4.69, 9.17) is 0 Å². The Kier molecular flexibility index (Phi) is 6.73.